The third-order valence-corrected chi connectivity index (χ3v) is 5.28. The summed E-state index contributed by atoms with van der Waals surface area (Å²) in [6, 6.07) is 6.16. The normalized spacial score (nSPS) is 10.6. The van der Waals surface area contributed by atoms with E-state index in [2.05, 4.69) is 41.5 Å². The molecule has 7 nitrogen and oxygen atoms in total. The van der Waals surface area contributed by atoms with Gasteiger partial charge in [-0.2, -0.15) is 0 Å². The minimum absolute atomic E-state index is 0.126. The van der Waals surface area contributed by atoms with E-state index in [1.54, 1.807) is 20.0 Å². The predicted octanol–water partition coefficient (Wildman–Crippen LogP) is 4.32. The zero-order chi connectivity index (χ0) is 28.8. The van der Waals surface area contributed by atoms with Gasteiger partial charge in [-0.05, 0) is 75.6 Å². The zero-order valence-corrected chi connectivity index (χ0v) is 23.9. The highest BCUT2D eigenvalue weighted by Crippen LogP contribution is 2.16. The van der Waals surface area contributed by atoms with Gasteiger partial charge < -0.3 is 25.1 Å². The average Bonchev–Trinajstić information content (AvgIpc) is 2.90. The van der Waals surface area contributed by atoms with Crippen molar-refractivity contribution < 1.29 is 18.7 Å². The lowest BCUT2D eigenvalue weighted by molar-refractivity contribution is -0.134. The summed E-state index contributed by atoms with van der Waals surface area (Å²) in [5, 5.41) is 6.03. The molecule has 0 saturated carbocycles. The summed E-state index contributed by atoms with van der Waals surface area (Å²) in [4.78, 5) is 28.4. The largest absolute Gasteiger partial charge is 0.493 e. The van der Waals surface area contributed by atoms with Gasteiger partial charge >= 0.3 is 0 Å². The van der Waals surface area contributed by atoms with Crippen LogP contribution in [0.2, 0.25) is 0 Å². The first-order chi connectivity index (χ1) is 18.3. The van der Waals surface area contributed by atoms with Gasteiger partial charge in [0.05, 0.1) is 12.6 Å². The van der Waals surface area contributed by atoms with Crippen LogP contribution in [0, 0.1) is 25.1 Å². The Bertz CT molecular complexity index is 958. The third kappa shape index (κ3) is 15.7. The van der Waals surface area contributed by atoms with E-state index >= 15 is 0 Å². The van der Waals surface area contributed by atoms with Crippen LogP contribution < -0.4 is 15.4 Å². The average molecular weight is 529 g/mol. The van der Waals surface area contributed by atoms with Crippen LogP contribution in [0.25, 0.3) is 0 Å². The molecule has 38 heavy (non-hydrogen) atoms. The topological polar surface area (TPSA) is 83.6 Å². The van der Waals surface area contributed by atoms with E-state index in [1.165, 1.54) is 28.2 Å². The van der Waals surface area contributed by atoms with Crippen LogP contribution in [-0.2, 0) is 22.6 Å². The fourth-order valence-electron chi connectivity index (χ4n) is 3.21. The molecule has 1 aromatic carbocycles. The van der Waals surface area contributed by atoms with Crippen LogP contribution >= 0.6 is 0 Å². The maximum Gasteiger partial charge on any atom is 0.222 e. The van der Waals surface area contributed by atoms with Crippen molar-refractivity contribution in [1.29, 1.82) is 0 Å². The van der Waals surface area contributed by atoms with E-state index in [1.807, 2.05) is 26.5 Å². The number of pyridine rings is 1. The number of benzene rings is 1. The van der Waals surface area contributed by atoms with Crippen molar-refractivity contribution in [3.63, 3.8) is 0 Å². The van der Waals surface area contributed by atoms with E-state index in [0.717, 1.165) is 25.1 Å². The van der Waals surface area contributed by atoms with Crippen molar-refractivity contribution in [2.45, 2.75) is 65.5 Å². The van der Waals surface area contributed by atoms with Gasteiger partial charge in [-0.3, -0.25) is 9.78 Å². The molecule has 1 unspecified atom stereocenters. The molecule has 2 N–H and O–H groups in total. The molecule has 2 rings (SSSR count). The summed E-state index contributed by atoms with van der Waals surface area (Å²) in [7, 11) is 5.32. The number of aromatic nitrogens is 1. The van der Waals surface area contributed by atoms with Crippen LogP contribution in [0.3, 0.4) is 0 Å². The summed E-state index contributed by atoms with van der Waals surface area (Å²) in [5.41, 5.74) is 3.38. The number of likely N-dealkylation sites (N-methyl/N-ethyl adjacent to an activating group) is 1. The first kappa shape index (κ1) is 34.7. The molecular formula is C30H45FN4O3. The molecule has 0 spiro atoms. The number of aldehydes is 1. The Labute approximate surface area is 228 Å². The number of hydrogen-bond acceptors (Lipinski definition) is 6. The lowest BCUT2D eigenvalue weighted by Gasteiger charge is -2.22. The number of nitrogens with zero attached hydrogens (tertiary/aromatic N) is 2. The molecule has 8 heteroatoms. The van der Waals surface area contributed by atoms with Gasteiger partial charge in [-0.15, -0.1) is 12.3 Å². The highest BCUT2D eigenvalue weighted by molar-refractivity contribution is 5.79. The van der Waals surface area contributed by atoms with Crippen molar-refractivity contribution >= 4 is 12.2 Å². The summed E-state index contributed by atoms with van der Waals surface area (Å²) >= 11 is 0. The first-order valence-corrected chi connectivity index (χ1v) is 13.0. The maximum absolute atomic E-state index is 13.2. The molecular weight excluding hydrogens is 483 g/mol. The fraction of sp³-hybridized carbons (Fsp3) is 0.500. The van der Waals surface area contributed by atoms with Gasteiger partial charge in [0.15, 0.2) is 0 Å². The van der Waals surface area contributed by atoms with Gasteiger partial charge in [0, 0.05) is 44.9 Å². The monoisotopic (exact) mass is 528 g/mol. The van der Waals surface area contributed by atoms with Crippen molar-refractivity contribution in [3.8, 4) is 18.1 Å². The highest BCUT2D eigenvalue weighted by atomic mass is 19.1. The number of aryl methyl sites for hydroxylation is 2. The molecule has 0 bridgehead atoms. The standard InChI is InChI=1S/C18H22FNO3.C10H16N2.C2H7N/c1-4-7-16(13-21)20(3)18(22)8-5-6-9-23-17-11-14(2)10-15(19)12-17;1-3-9-5-10(7-11-4-2)8-12-6-9;1-3-2/h1,10-13,16H,5-9H2,2-3H3;5-6,8,11H,3-4,7H2,1-2H3;3H,1-2H3. The zero-order valence-electron chi connectivity index (χ0n) is 23.9. The second kappa shape index (κ2) is 21.8. The molecule has 1 aromatic heterocycles. The molecule has 0 aliphatic heterocycles. The molecule has 2 aromatic rings. The second-order valence-electron chi connectivity index (χ2n) is 8.72. The Kier molecular flexibility index (Phi) is 19.9. The summed E-state index contributed by atoms with van der Waals surface area (Å²) in [6.07, 6.45) is 12.6. The Hall–Kier alpha value is -3.28. The molecule has 0 aliphatic carbocycles. The van der Waals surface area contributed by atoms with Crippen LogP contribution in [0.5, 0.6) is 5.75 Å². The van der Waals surface area contributed by atoms with E-state index in [9.17, 15) is 14.0 Å². The van der Waals surface area contributed by atoms with Crippen LogP contribution in [0.15, 0.2) is 36.7 Å². The number of carbonyl (C=O) groups is 2. The molecule has 1 atom stereocenters. The van der Waals surface area contributed by atoms with Crippen molar-refractivity contribution in [3.05, 3.63) is 59.2 Å². The maximum atomic E-state index is 13.2. The molecule has 210 valence electrons. The molecule has 0 saturated heterocycles. The van der Waals surface area contributed by atoms with Gasteiger partial charge in [-0.1, -0.05) is 19.9 Å². The predicted molar refractivity (Wildman–Crippen MR) is 153 cm³/mol. The van der Waals surface area contributed by atoms with Gasteiger partial charge in [-0.25, -0.2) is 4.39 Å². The Morgan fingerprint density at radius 1 is 1.18 bits per heavy atom. The second-order valence-corrected chi connectivity index (χ2v) is 8.72. The number of hydrogen-bond donors (Lipinski definition) is 2. The Balaban J connectivity index is 0.000000759. The number of unbranched alkanes of at least 4 members (excludes halogenated alkanes) is 1. The number of ether oxygens (including phenoxy) is 1. The quantitative estimate of drug-likeness (QED) is 0.229. The first-order valence-electron chi connectivity index (χ1n) is 13.0. The number of rotatable bonds is 13. The summed E-state index contributed by atoms with van der Waals surface area (Å²) < 4.78 is 18.7. The van der Waals surface area contributed by atoms with Crippen LogP contribution in [0.1, 0.15) is 56.2 Å². The van der Waals surface area contributed by atoms with Crippen LogP contribution in [0.4, 0.5) is 4.39 Å². The molecule has 0 fully saturated rings. The number of halogens is 1. The van der Waals surface area contributed by atoms with Crippen molar-refractivity contribution in [2.24, 2.45) is 0 Å². The third-order valence-electron chi connectivity index (χ3n) is 5.28. The smallest absolute Gasteiger partial charge is 0.222 e. The lowest BCUT2D eigenvalue weighted by Crippen LogP contribution is -2.37. The molecule has 1 amide bonds. The molecule has 0 aliphatic rings. The van der Waals surface area contributed by atoms with E-state index in [4.69, 9.17) is 11.2 Å². The van der Waals surface area contributed by atoms with Gasteiger partial charge in [0.1, 0.15) is 17.9 Å². The molecule has 0 radical (unpaired) electrons. The van der Waals surface area contributed by atoms with Gasteiger partial charge in [0.25, 0.3) is 0 Å². The highest BCUT2D eigenvalue weighted by Gasteiger charge is 2.17. The van der Waals surface area contributed by atoms with Gasteiger partial charge in [0.2, 0.25) is 5.91 Å². The minimum Gasteiger partial charge on any atom is -0.493 e. The Morgan fingerprint density at radius 2 is 1.87 bits per heavy atom. The number of terminal acetylenes is 1. The Morgan fingerprint density at radius 3 is 2.45 bits per heavy atom. The van der Waals surface area contributed by atoms with E-state index < -0.39 is 6.04 Å². The summed E-state index contributed by atoms with van der Waals surface area (Å²) in [5.74, 6) is 2.41. The lowest BCUT2D eigenvalue weighted by atomic mass is 10.1. The molecule has 1 heterocycles. The van der Waals surface area contributed by atoms with Crippen molar-refractivity contribution in [2.75, 3.05) is 34.3 Å². The van der Waals surface area contributed by atoms with E-state index in [0.29, 0.717) is 37.9 Å². The fourth-order valence-corrected chi connectivity index (χ4v) is 3.21. The van der Waals surface area contributed by atoms with E-state index in [-0.39, 0.29) is 18.1 Å². The minimum atomic E-state index is -0.570. The van der Waals surface area contributed by atoms with Crippen molar-refractivity contribution in [1.82, 2.24) is 20.5 Å². The number of carbonyl (C=O) groups excluding carboxylic acids is 2. The number of amides is 1. The van der Waals surface area contributed by atoms with Crippen LogP contribution in [-0.4, -0.2) is 62.4 Å². The summed E-state index contributed by atoms with van der Waals surface area (Å²) in [6.45, 7) is 8.39. The SMILES string of the molecule is C#CCC(C=O)N(C)C(=O)CCCCOc1cc(C)cc(F)c1.CCNCc1cncc(CC)c1.CNC. The number of nitrogens with one attached hydrogen (secondary N) is 2.